The summed E-state index contributed by atoms with van der Waals surface area (Å²) in [6.07, 6.45) is 0.507. The lowest BCUT2D eigenvalue weighted by molar-refractivity contribution is 0.457. The Morgan fingerprint density at radius 1 is 0.958 bits per heavy atom. The molecule has 0 saturated heterocycles. The Hall–Kier alpha value is -2.50. The summed E-state index contributed by atoms with van der Waals surface area (Å²) in [7, 11) is 0. The minimum atomic E-state index is 0.0318. The third kappa shape index (κ3) is 3.69. The number of halogens is 2. The summed E-state index contributed by atoms with van der Waals surface area (Å²) in [6, 6.07) is 14.7. The fourth-order valence-corrected chi connectivity index (χ4v) is 2.66. The average Bonchev–Trinajstić information content (AvgIpc) is 2.54. The highest BCUT2D eigenvalue weighted by Gasteiger charge is 2.16. The summed E-state index contributed by atoms with van der Waals surface area (Å²) in [5.41, 5.74) is 13.4. The van der Waals surface area contributed by atoms with Gasteiger partial charge in [0.2, 0.25) is 11.8 Å². The Labute approximate surface area is 149 Å². The van der Waals surface area contributed by atoms with Crippen LogP contribution in [0.3, 0.4) is 0 Å². The molecule has 1 aromatic heterocycles. The molecule has 122 valence electrons. The average molecular weight is 361 g/mol. The quantitative estimate of drug-likeness (QED) is 0.722. The molecule has 3 aromatic rings. The molecular weight excluding hydrogens is 347 g/mol. The van der Waals surface area contributed by atoms with Gasteiger partial charge in [-0.3, -0.25) is 0 Å². The van der Waals surface area contributed by atoms with E-state index in [2.05, 4.69) is 9.97 Å². The highest BCUT2D eigenvalue weighted by molar-refractivity contribution is 6.35. The molecule has 1 heterocycles. The summed E-state index contributed by atoms with van der Waals surface area (Å²) in [5, 5.41) is 0.877. The van der Waals surface area contributed by atoms with Crippen LogP contribution < -0.4 is 16.2 Å². The van der Waals surface area contributed by atoms with Gasteiger partial charge in [0, 0.05) is 11.4 Å². The first-order valence-corrected chi connectivity index (χ1v) is 7.87. The normalized spacial score (nSPS) is 10.6. The molecule has 0 bridgehead atoms. The first kappa shape index (κ1) is 16.4. The molecule has 24 heavy (non-hydrogen) atoms. The minimum absolute atomic E-state index is 0.0318. The van der Waals surface area contributed by atoms with E-state index in [0.717, 1.165) is 5.56 Å². The van der Waals surface area contributed by atoms with Gasteiger partial charge in [-0.2, -0.15) is 9.97 Å². The monoisotopic (exact) mass is 360 g/mol. The number of ether oxygens (including phenoxy) is 1. The van der Waals surface area contributed by atoms with Crippen molar-refractivity contribution in [1.29, 1.82) is 0 Å². The standard InChI is InChI=1S/C17H14Cl2N4O/c18-11-6-7-14(13(19)9-11)24-16-12(15(20)22-17(21)23-16)8-10-4-2-1-3-5-10/h1-7,9H,8H2,(H4,20,21,22,23). The molecule has 4 N–H and O–H groups in total. The molecule has 0 aliphatic carbocycles. The molecule has 0 aliphatic rings. The number of hydrogen-bond donors (Lipinski definition) is 2. The van der Waals surface area contributed by atoms with E-state index < -0.39 is 0 Å². The van der Waals surface area contributed by atoms with Crippen LogP contribution in [0, 0.1) is 0 Å². The van der Waals surface area contributed by atoms with Gasteiger partial charge in [0.1, 0.15) is 11.6 Å². The highest BCUT2D eigenvalue weighted by Crippen LogP contribution is 2.34. The van der Waals surface area contributed by atoms with Crippen LogP contribution in [0.2, 0.25) is 10.0 Å². The molecule has 0 atom stereocenters. The molecule has 0 radical (unpaired) electrons. The maximum Gasteiger partial charge on any atom is 0.229 e. The van der Waals surface area contributed by atoms with Crippen molar-refractivity contribution in [3.05, 3.63) is 69.7 Å². The van der Waals surface area contributed by atoms with E-state index >= 15 is 0 Å². The third-order valence-electron chi connectivity index (χ3n) is 3.34. The van der Waals surface area contributed by atoms with Gasteiger partial charge in [0.15, 0.2) is 0 Å². The zero-order chi connectivity index (χ0) is 17.1. The first-order chi connectivity index (χ1) is 11.5. The predicted octanol–water partition coefficient (Wildman–Crippen LogP) is 4.33. The van der Waals surface area contributed by atoms with Crippen LogP contribution in [-0.4, -0.2) is 9.97 Å². The van der Waals surface area contributed by atoms with Crippen molar-refractivity contribution in [3.63, 3.8) is 0 Å². The van der Waals surface area contributed by atoms with Gasteiger partial charge < -0.3 is 16.2 Å². The Balaban J connectivity index is 2.00. The van der Waals surface area contributed by atoms with Crippen LogP contribution in [0.25, 0.3) is 0 Å². The zero-order valence-corrected chi connectivity index (χ0v) is 14.1. The molecule has 2 aromatic carbocycles. The fourth-order valence-electron chi connectivity index (χ4n) is 2.21. The summed E-state index contributed by atoms with van der Waals surface area (Å²) < 4.78 is 5.83. The lowest BCUT2D eigenvalue weighted by Gasteiger charge is -2.13. The van der Waals surface area contributed by atoms with Gasteiger partial charge in [-0.25, -0.2) is 0 Å². The second-order valence-electron chi connectivity index (χ2n) is 5.09. The summed E-state index contributed by atoms with van der Waals surface area (Å²) in [6.45, 7) is 0. The fraction of sp³-hybridized carbons (Fsp3) is 0.0588. The maximum atomic E-state index is 6.16. The van der Waals surface area contributed by atoms with E-state index in [0.29, 0.717) is 27.8 Å². The number of nitrogens with two attached hydrogens (primary N) is 2. The van der Waals surface area contributed by atoms with E-state index in [9.17, 15) is 0 Å². The predicted molar refractivity (Wildman–Crippen MR) is 96.6 cm³/mol. The van der Waals surface area contributed by atoms with Gasteiger partial charge in [-0.15, -0.1) is 0 Å². The van der Waals surface area contributed by atoms with Crippen molar-refractivity contribution in [2.45, 2.75) is 6.42 Å². The SMILES string of the molecule is Nc1nc(N)c(Cc2ccccc2)c(Oc2ccc(Cl)cc2Cl)n1. The Kier molecular flexibility index (Phi) is 4.74. The third-order valence-corrected chi connectivity index (χ3v) is 3.87. The topological polar surface area (TPSA) is 87.0 Å². The molecular formula is C17H14Cl2N4O. The number of rotatable bonds is 4. The van der Waals surface area contributed by atoms with Crippen LogP contribution in [0.5, 0.6) is 11.6 Å². The lowest BCUT2D eigenvalue weighted by atomic mass is 10.1. The minimum Gasteiger partial charge on any atom is -0.437 e. The van der Waals surface area contributed by atoms with Crippen molar-refractivity contribution in [2.24, 2.45) is 0 Å². The van der Waals surface area contributed by atoms with Crippen LogP contribution >= 0.6 is 23.2 Å². The second-order valence-corrected chi connectivity index (χ2v) is 5.93. The number of aromatic nitrogens is 2. The largest absolute Gasteiger partial charge is 0.437 e. The number of nitrogens with zero attached hydrogens (tertiary/aromatic N) is 2. The molecule has 0 spiro atoms. The summed E-state index contributed by atoms with van der Waals surface area (Å²) in [5.74, 6) is 0.983. The number of nitrogen functional groups attached to an aromatic ring is 2. The molecule has 5 nitrogen and oxygen atoms in total. The van der Waals surface area contributed by atoms with Crippen LogP contribution in [0.15, 0.2) is 48.5 Å². The number of benzene rings is 2. The van der Waals surface area contributed by atoms with E-state index in [1.165, 1.54) is 0 Å². The Morgan fingerprint density at radius 3 is 2.42 bits per heavy atom. The van der Waals surface area contributed by atoms with Crippen LogP contribution in [0.4, 0.5) is 11.8 Å². The van der Waals surface area contributed by atoms with Crippen LogP contribution in [-0.2, 0) is 6.42 Å². The van der Waals surface area contributed by atoms with Crippen LogP contribution in [0.1, 0.15) is 11.1 Å². The Morgan fingerprint density at radius 2 is 1.71 bits per heavy atom. The molecule has 0 unspecified atom stereocenters. The number of anilines is 2. The van der Waals surface area contributed by atoms with E-state index in [1.54, 1.807) is 18.2 Å². The first-order valence-electron chi connectivity index (χ1n) is 7.11. The van der Waals surface area contributed by atoms with Crippen molar-refractivity contribution in [2.75, 3.05) is 11.5 Å². The number of hydrogen-bond acceptors (Lipinski definition) is 5. The lowest BCUT2D eigenvalue weighted by Crippen LogP contribution is -2.07. The van der Waals surface area contributed by atoms with Crippen molar-refractivity contribution < 1.29 is 4.74 Å². The van der Waals surface area contributed by atoms with Crippen molar-refractivity contribution >= 4 is 35.0 Å². The van der Waals surface area contributed by atoms with E-state index in [4.69, 9.17) is 39.4 Å². The molecule has 7 heteroatoms. The van der Waals surface area contributed by atoms with E-state index in [1.807, 2.05) is 30.3 Å². The van der Waals surface area contributed by atoms with Gasteiger partial charge in [-0.05, 0) is 23.8 Å². The van der Waals surface area contributed by atoms with Crippen molar-refractivity contribution in [1.82, 2.24) is 9.97 Å². The summed E-state index contributed by atoms with van der Waals surface area (Å²) in [4.78, 5) is 8.18. The molecule has 0 saturated carbocycles. The smallest absolute Gasteiger partial charge is 0.229 e. The van der Waals surface area contributed by atoms with Gasteiger partial charge >= 0.3 is 0 Å². The van der Waals surface area contributed by atoms with Gasteiger partial charge in [0.25, 0.3) is 0 Å². The Bertz CT molecular complexity index is 872. The molecule has 0 amide bonds. The maximum absolute atomic E-state index is 6.16. The molecule has 0 aliphatic heterocycles. The van der Waals surface area contributed by atoms with Crippen molar-refractivity contribution in [3.8, 4) is 11.6 Å². The highest BCUT2D eigenvalue weighted by atomic mass is 35.5. The summed E-state index contributed by atoms with van der Waals surface area (Å²) >= 11 is 12.1. The second kappa shape index (κ2) is 6.95. The molecule has 3 rings (SSSR count). The van der Waals surface area contributed by atoms with E-state index in [-0.39, 0.29) is 17.6 Å². The van der Waals surface area contributed by atoms with Gasteiger partial charge in [-0.1, -0.05) is 53.5 Å². The molecule has 0 fully saturated rings. The zero-order valence-electron chi connectivity index (χ0n) is 12.5. The van der Waals surface area contributed by atoms with Gasteiger partial charge in [0.05, 0.1) is 10.6 Å².